The molecular formula is C12H16N4O2S. The maximum absolute atomic E-state index is 12.1. The summed E-state index contributed by atoms with van der Waals surface area (Å²) in [4.78, 5) is 4.08. The summed E-state index contributed by atoms with van der Waals surface area (Å²) in [6.07, 6.45) is 2.97. The molecule has 2 rings (SSSR count). The molecule has 1 aromatic heterocycles. The fourth-order valence-corrected chi connectivity index (χ4v) is 2.93. The van der Waals surface area contributed by atoms with Gasteiger partial charge in [-0.05, 0) is 26.0 Å². The molecule has 1 heterocycles. The molecule has 0 saturated carbocycles. The van der Waals surface area contributed by atoms with Gasteiger partial charge in [-0.15, -0.1) is 0 Å². The molecule has 0 bridgehead atoms. The summed E-state index contributed by atoms with van der Waals surface area (Å²) in [6, 6.07) is 6.47. The number of nitrogens with one attached hydrogen (secondary N) is 1. The van der Waals surface area contributed by atoms with Crippen molar-refractivity contribution in [2.24, 2.45) is 0 Å². The van der Waals surface area contributed by atoms with Gasteiger partial charge in [0.2, 0.25) is 10.0 Å². The van der Waals surface area contributed by atoms with Crippen molar-refractivity contribution < 1.29 is 8.42 Å². The van der Waals surface area contributed by atoms with Gasteiger partial charge in [0.1, 0.15) is 12.7 Å². The highest BCUT2D eigenvalue weighted by molar-refractivity contribution is 7.89. The van der Waals surface area contributed by atoms with Gasteiger partial charge in [0, 0.05) is 6.04 Å². The topological polar surface area (TPSA) is 76.9 Å². The average Bonchev–Trinajstić information content (AvgIpc) is 2.81. The lowest BCUT2D eigenvalue weighted by Gasteiger charge is -2.14. The molecule has 102 valence electrons. The number of rotatable bonds is 5. The molecule has 0 fully saturated rings. The van der Waals surface area contributed by atoms with Gasteiger partial charge in [-0.1, -0.05) is 17.7 Å². The Balaban J connectivity index is 2.06. The van der Waals surface area contributed by atoms with E-state index in [4.69, 9.17) is 0 Å². The standard InChI is InChI=1S/C12H16N4O2S/c1-10-3-5-12(6-4-10)19(17,18)15-11(2)7-16-9-13-8-14-16/h3-6,8-9,11,15H,7H2,1-2H3. The zero-order valence-corrected chi connectivity index (χ0v) is 11.6. The van der Waals surface area contributed by atoms with Crippen LogP contribution in [0.25, 0.3) is 0 Å². The Labute approximate surface area is 112 Å². The van der Waals surface area contributed by atoms with Gasteiger partial charge < -0.3 is 0 Å². The second kappa shape index (κ2) is 5.50. The first-order chi connectivity index (χ1) is 8.97. The number of hydrogen-bond donors (Lipinski definition) is 1. The van der Waals surface area contributed by atoms with Gasteiger partial charge in [0.15, 0.2) is 0 Å². The first-order valence-corrected chi connectivity index (χ1v) is 7.37. The van der Waals surface area contributed by atoms with Crippen molar-refractivity contribution in [3.63, 3.8) is 0 Å². The molecule has 0 aliphatic rings. The van der Waals surface area contributed by atoms with Crippen molar-refractivity contribution in [1.29, 1.82) is 0 Å². The summed E-state index contributed by atoms with van der Waals surface area (Å²) >= 11 is 0. The van der Waals surface area contributed by atoms with Crippen molar-refractivity contribution in [1.82, 2.24) is 19.5 Å². The van der Waals surface area contributed by atoms with E-state index in [1.54, 1.807) is 42.2 Å². The molecule has 1 N–H and O–H groups in total. The van der Waals surface area contributed by atoms with Crippen LogP contribution in [-0.2, 0) is 16.6 Å². The third-order valence-electron chi connectivity index (χ3n) is 2.62. The highest BCUT2D eigenvalue weighted by Crippen LogP contribution is 2.10. The minimum Gasteiger partial charge on any atom is -0.251 e. The summed E-state index contributed by atoms with van der Waals surface area (Å²) in [5.41, 5.74) is 1.02. The SMILES string of the molecule is Cc1ccc(S(=O)(=O)NC(C)Cn2cncn2)cc1. The maximum atomic E-state index is 12.1. The number of benzene rings is 1. The van der Waals surface area contributed by atoms with Crippen LogP contribution in [-0.4, -0.2) is 29.2 Å². The van der Waals surface area contributed by atoms with E-state index in [9.17, 15) is 8.42 Å². The molecular weight excluding hydrogens is 264 g/mol. The fourth-order valence-electron chi connectivity index (χ4n) is 1.70. The average molecular weight is 280 g/mol. The molecule has 19 heavy (non-hydrogen) atoms. The van der Waals surface area contributed by atoms with E-state index in [-0.39, 0.29) is 10.9 Å². The molecule has 6 nitrogen and oxygen atoms in total. The number of aromatic nitrogens is 3. The van der Waals surface area contributed by atoms with Crippen molar-refractivity contribution >= 4 is 10.0 Å². The van der Waals surface area contributed by atoms with Crippen molar-refractivity contribution in [2.45, 2.75) is 31.3 Å². The quantitative estimate of drug-likeness (QED) is 0.884. The molecule has 1 atom stereocenters. The molecule has 0 radical (unpaired) electrons. The summed E-state index contributed by atoms with van der Waals surface area (Å²) in [5.74, 6) is 0. The molecule has 2 aromatic rings. The van der Waals surface area contributed by atoms with E-state index in [2.05, 4.69) is 14.8 Å². The largest absolute Gasteiger partial charge is 0.251 e. The second-order valence-corrected chi connectivity index (χ2v) is 6.17. The molecule has 0 saturated heterocycles. The van der Waals surface area contributed by atoms with Crippen LogP contribution in [0.2, 0.25) is 0 Å². The Morgan fingerprint density at radius 3 is 2.58 bits per heavy atom. The summed E-state index contributed by atoms with van der Waals surface area (Å²) in [5, 5.41) is 3.94. The van der Waals surface area contributed by atoms with E-state index in [1.807, 2.05) is 6.92 Å². The minimum atomic E-state index is -3.49. The molecule has 0 aliphatic heterocycles. The molecule has 1 aromatic carbocycles. The monoisotopic (exact) mass is 280 g/mol. The zero-order valence-electron chi connectivity index (χ0n) is 10.8. The molecule has 1 unspecified atom stereocenters. The molecule has 0 aliphatic carbocycles. The summed E-state index contributed by atoms with van der Waals surface area (Å²) in [7, 11) is -3.49. The second-order valence-electron chi connectivity index (χ2n) is 4.45. The third-order valence-corrected chi connectivity index (χ3v) is 4.22. The first kappa shape index (κ1) is 13.7. The van der Waals surface area contributed by atoms with Crippen LogP contribution in [0, 0.1) is 6.92 Å². The van der Waals surface area contributed by atoms with Crippen LogP contribution in [0.5, 0.6) is 0 Å². The van der Waals surface area contributed by atoms with Crippen LogP contribution in [0.3, 0.4) is 0 Å². The first-order valence-electron chi connectivity index (χ1n) is 5.89. The van der Waals surface area contributed by atoms with E-state index < -0.39 is 10.0 Å². The summed E-state index contributed by atoms with van der Waals surface area (Å²) < 4.78 is 28.5. The predicted molar refractivity (Wildman–Crippen MR) is 71.0 cm³/mol. The van der Waals surface area contributed by atoms with Crippen molar-refractivity contribution in [2.75, 3.05) is 0 Å². The lowest BCUT2D eigenvalue weighted by Crippen LogP contribution is -2.35. The molecule has 0 amide bonds. The van der Waals surface area contributed by atoms with Gasteiger partial charge in [0.25, 0.3) is 0 Å². The molecule has 7 heteroatoms. The van der Waals surface area contributed by atoms with Gasteiger partial charge in [0.05, 0.1) is 11.4 Å². The van der Waals surface area contributed by atoms with Gasteiger partial charge >= 0.3 is 0 Å². The van der Waals surface area contributed by atoms with Crippen molar-refractivity contribution in [3.8, 4) is 0 Å². The van der Waals surface area contributed by atoms with Gasteiger partial charge in [-0.3, -0.25) is 4.68 Å². The Hall–Kier alpha value is -1.73. The number of hydrogen-bond acceptors (Lipinski definition) is 4. The number of nitrogens with zero attached hydrogens (tertiary/aromatic N) is 3. The predicted octanol–water partition coefficient (Wildman–Crippen LogP) is 0.954. The van der Waals surface area contributed by atoms with E-state index in [0.29, 0.717) is 6.54 Å². The van der Waals surface area contributed by atoms with Crippen molar-refractivity contribution in [3.05, 3.63) is 42.5 Å². The Morgan fingerprint density at radius 2 is 2.00 bits per heavy atom. The van der Waals surface area contributed by atoms with Crippen LogP contribution in [0.15, 0.2) is 41.8 Å². The third kappa shape index (κ3) is 3.62. The normalized spacial score (nSPS) is 13.4. The van der Waals surface area contributed by atoms with Crippen LogP contribution in [0.1, 0.15) is 12.5 Å². The van der Waals surface area contributed by atoms with Crippen LogP contribution in [0.4, 0.5) is 0 Å². The maximum Gasteiger partial charge on any atom is 0.240 e. The molecule has 0 spiro atoms. The van der Waals surface area contributed by atoms with Crippen LogP contribution < -0.4 is 4.72 Å². The van der Waals surface area contributed by atoms with Gasteiger partial charge in [-0.25, -0.2) is 18.1 Å². The Kier molecular flexibility index (Phi) is 3.96. The Bertz CT molecular complexity index is 620. The van der Waals surface area contributed by atoms with E-state index >= 15 is 0 Å². The zero-order chi connectivity index (χ0) is 13.9. The number of sulfonamides is 1. The summed E-state index contributed by atoms with van der Waals surface area (Å²) in [6.45, 7) is 4.13. The van der Waals surface area contributed by atoms with Gasteiger partial charge in [-0.2, -0.15) is 5.10 Å². The Morgan fingerprint density at radius 1 is 1.32 bits per heavy atom. The highest BCUT2D eigenvalue weighted by Gasteiger charge is 2.17. The minimum absolute atomic E-state index is 0.267. The fraction of sp³-hybridized carbons (Fsp3) is 0.333. The lowest BCUT2D eigenvalue weighted by molar-refractivity contribution is 0.493. The smallest absolute Gasteiger partial charge is 0.240 e. The highest BCUT2D eigenvalue weighted by atomic mass is 32.2. The van der Waals surface area contributed by atoms with E-state index in [1.165, 1.54) is 6.33 Å². The lowest BCUT2D eigenvalue weighted by atomic mass is 10.2. The number of aryl methyl sites for hydroxylation is 1. The van der Waals surface area contributed by atoms with Crippen LogP contribution >= 0.6 is 0 Å². The van der Waals surface area contributed by atoms with E-state index in [0.717, 1.165) is 5.56 Å².